The van der Waals surface area contributed by atoms with Gasteiger partial charge in [0.25, 0.3) is 0 Å². The highest BCUT2D eigenvalue weighted by atomic mass is 79.9. The summed E-state index contributed by atoms with van der Waals surface area (Å²) in [6, 6.07) is 10.1. The molecule has 1 atom stereocenters. The molecule has 0 saturated heterocycles. The van der Waals surface area contributed by atoms with Gasteiger partial charge in [0, 0.05) is 25.6 Å². The fourth-order valence-electron chi connectivity index (χ4n) is 1.86. The van der Waals surface area contributed by atoms with Crippen molar-refractivity contribution in [3.8, 4) is 0 Å². The zero-order valence-electron chi connectivity index (χ0n) is 9.84. The Labute approximate surface area is 133 Å². The summed E-state index contributed by atoms with van der Waals surface area (Å²) in [7, 11) is 0. The third-order valence-corrected chi connectivity index (χ3v) is 4.41. The minimum atomic E-state index is -0.332. The third-order valence-electron chi connectivity index (χ3n) is 2.84. The molecular weight excluding hydrogens is 396 g/mol. The number of benzene rings is 2. The van der Waals surface area contributed by atoms with Gasteiger partial charge in [-0.3, -0.25) is 0 Å². The monoisotopic (exact) mass is 405 g/mol. The van der Waals surface area contributed by atoms with Crippen LogP contribution in [-0.2, 0) is 6.42 Å². The molecule has 0 radical (unpaired) electrons. The molecule has 1 unspecified atom stereocenters. The van der Waals surface area contributed by atoms with Crippen molar-refractivity contribution in [3.63, 3.8) is 0 Å². The number of hydrogen-bond donors (Lipinski definition) is 1. The van der Waals surface area contributed by atoms with Crippen LogP contribution in [0.3, 0.4) is 0 Å². The van der Waals surface area contributed by atoms with Crippen molar-refractivity contribution in [2.75, 3.05) is 0 Å². The van der Waals surface area contributed by atoms with E-state index in [4.69, 9.17) is 17.3 Å². The van der Waals surface area contributed by atoms with E-state index in [0.717, 1.165) is 14.5 Å². The Balaban J connectivity index is 2.31. The number of rotatable bonds is 3. The van der Waals surface area contributed by atoms with Crippen LogP contribution in [0.25, 0.3) is 0 Å². The van der Waals surface area contributed by atoms with Gasteiger partial charge in [-0.1, -0.05) is 49.5 Å². The summed E-state index contributed by atoms with van der Waals surface area (Å²) in [5, 5.41) is 0.404. The summed E-state index contributed by atoms with van der Waals surface area (Å²) in [5.74, 6) is -0.325. The molecule has 0 saturated carbocycles. The molecule has 0 aliphatic heterocycles. The van der Waals surface area contributed by atoms with Gasteiger partial charge in [0.05, 0.1) is 0 Å². The number of nitrogens with two attached hydrogens (primary N) is 1. The van der Waals surface area contributed by atoms with E-state index in [9.17, 15) is 4.39 Å². The Hall–Kier alpha value is -0.420. The quantitative estimate of drug-likeness (QED) is 0.739. The fourth-order valence-corrected chi connectivity index (χ4v) is 3.02. The summed E-state index contributed by atoms with van der Waals surface area (Å²) >= 11 is 12.9. The van der Waals surface area contributed by atoms with E-state index < -0.39 is 0 Å². The van der Waals surface area contributed by atoms with E-state index in [1.165, 1.54) is 6.07 Å². The Morgan fingerprint density at radius 1 is 1.21 bits per heavy atom. The second-order valence-corrected chi connectivity index (χ2v) is 6.35. The van der Waals surface area contributed by atoms with Gasteiger partial charge in [-0.25, -0.2) is 4.39 Å². The number of hydrogen-bond acceptors (Lipinski definition) is 1. The van der Waals surface area contributed by atoms with Crippen LogP contribution in [0.4, 0.5) is 4.39 Å². The third kappa shape index (κ3) is 3.57. The van der Waals surface area contributed by atoms with Crippen LogP contribution in [0.15, 0.2) is 45.3 Å². The molecule has 0 aliphatic carbocycles. The highest BCUT2D eigenvalue weighted by Gasteiger charge is 2.15. The average molecular weight is 408 g/mol. The normalized spacial score (nSPS) is 12.5. The van der Waals surface area contributed by atoms with E-state index in [-0.39, 0.29) is 11.9 Å². The molecule has 0 fully saturated rings. The molecule has 19 heavy (non-hydrogen) atoms. The van der Waals surface area contributed by atoms with E-state index in [0.29, 0.717) is 17.0 Å². The summed E-state index contributed by atoms with van der Waals surface area (Å²) in [6.45, 7) is 0. The molecule has 0 heterocycles. The van der Waals surface area contributed by atoms with E-state index in [2.05, 4.69) is 31.9 Å². The molecule has 2 N–H and O–H groups in total. The zero-order chi connectivity index (χ0) is 14.0. The summed E-state index contributed by atoms with van der Waals surface area (Å²) in [6.07, 6.45) is 0.348. The molecule has 2 rings (SSSR count). The molecule has 0 bridgehead atoms. The van der Waals surface area contributed by atoms with Gasteiger partial charge >= 0.3 is 0 Å². The van der Waals surface area contributed by atoms with Crippen LogP contribution in [0.2, 0.25) is 5.02 Å². The second-order valence-electron chi connectivity index (χ2n) is 4.18. The van der Waals surface area contributed by atoms with Crippen molar-refractivity contribution in [2.45, 2.75) is 12.5 Å². The van der Waals surface area contributed by atoms with Crippen LogP contribution in [-0.4, -0.2) is 0 Å². The Morgan fingerprint density at radius 2 is 1.95 bits per heavy atom. The maximum absolute atomic E-state index is 13.7. The van der Waals surface area contributed by atoms with Crippen LogP contribution in [0, 0.1) is 5.82 Å². The van der Waals surface area contributed by atoms with Gasteiger partial charge in [0.1, 0.15) is 5.82 Å². The Morgan fingerprint density at radius 3 is 2.63 bits per heavy atom. The van der Waals surface area contributed by atoms with Gasteiger partial charge < -0.3 is 5.73 Å². The first-order valence-electron chi connectivity index (χ1n) is 5.62. The van der Waals surface area contributed by atoms with Crippen molar-refractivity contribution in [1.82, 2.24) is 0 Å². The van der Waals surface area contributed by atoms with E-state index in [1.54, 1.807) is 12.1 Å². The first-order valence-corrected chi connectivity index (χ1v) is 7.59. The lowest BCUT2D eigenvalue weighted by molar-refractivity contribution is 0.593. The lowest BCUT2D eigenvalue weighted by Gasteiger charge is -2.16. The minimum absolute atomic E-state index is 0.325. The zero-order valence-corrected chi connectivity index (χ0v) is 13.8. The van der Waals surface area contributed by atoms with Crippen LogP contribution in [0.1, 0.15) is 17.2 Å². The molecular formula is C14H11Br2ClFN. The summed E-state index contributed by atoms with van der Waals surface area (Å²) in [5.41, 5.74) is 7.52. The highest BCUT2D eigenvalue weighted by Crippen LogP contribution is 2.30. The maximum Gasteiger partial charge on any atom is 0.127 e. The van der Waals surface area contributed by atoms with Gasteiger partial charge in [-0.15, -0.1) is 0 Å². The Bertz CT molecular complexity index is 584. The molecule has 0 spiro atoms. The lowest BCUT2D eigenvalue weighted by Crippen LogP contribution is -2.15. The predicted molar refractivity (Wildman–Crippen MR) is 83.9 cm³/mol. The summed E-state index contributed by atoms with van der Waals surface area (Å²) < 4.78 is 15.6. The first-order chi connectivity index (χ1) is 8.99. The molecule has 1 nitrogen and oxygen atoms in total. The van der Waals surface area contributed by atoms with Crippen molar-refractivity contribution < 1.29 is 4.39 Å². The Kier molecular flexibility index (Phi) is 5.01. The molecule has 0 amide bonds. The van der Waals surface area contributed by atoms with Crippen molar-refractivity contribution in [3.05, 3.63) is 67.3 Å². The van der Waals surface area contributed by atoms with Crippen LogP contribution >= 0.6 is 43.5 Å². The minimum Gasteiger partial charge on any atom is -0.324 e. The van der Waals surface area contributed by atoms with Crippen LogP contribution in [0.5, 0.6) is 0 Å². The molecule has 100 valence electrons. The first kappa shape index (κ1) is 15.0. The number of halogens is 4. The van der Waals surface area contributed by atoms with Crippen molar-refractivity contribution in [2.24, 2.45) is 5.73 Å². The largest absolute Gasteiger partial charge is 0.324 e. The maximum atomic E-state index is 13.7. The predicted octanol–water partition coefficient (Wildman–Crippen LogP) is 5.25. The molecule has 2 aromatic carbocycles. The van der Waals surface area contributed by atoms with Gasteiger partial charge in [0.2, 0.25) is 0 Å². The summed E-state index contributed by atoms with van der Waals surface area (Å²) in [4.78, 5) is 0. The van der Waals surface area contributed by atoms with Gasteiger partial charge in [-0.2, -0.15) is 0 Å². The molecule has 2 aromatic rings. The van der Waals surface area contributed by atoms with Gasteiger partial charge in [-0.05, 0) is 42.3 Å². The highest BCUT2D eigenvalue weighted by molar-refractivity contribution is 9.11. The van der Waals surface area contributed by atoms with Crippen molar-refractivity contribution >= 4 is 43.5 Å². The smallest absolute Gasteiger partial charge is 0.127 e. The van der Waals surface area contributed by atoms with Crippen LogP contribution < -0.4 is 5.73 Å². The fraction of sp³-hybridized carbons (Fsp3) is 0.143. The van der Waals surface area contributed by atoms with E-state index >= 15 is 0 Å². The second kappa shape index (κ2) is 6.35. The van der Waals surface area contributed by atoms with E-state index in [1.807, 2.05) is 18.2 Å². The topological polar surface area (TPSA) is 26.0 Å². The molecule has 5 heteroatoms. The molecule has 0 aliphatic rings. The average Bonchev–Trinajstić information content (AvgIpc) is 2.37. The van der Waals surface area contributed by atoms with Crippen molar-refractivity contribution in [1.29, 1.82) is 0 Å². The lowest BCUT2D eigenvalue weighted by atomic mass is 9.99. The SMILES string of the molecule is NC(Cc1c(F)cccc1Cl)c1cc(Br)ccc1Br. The standard InChI is InChI=1S/C14H11Br2ClFN/c15-8-4-5-11(16)9(6-8)14(19)7-10-12(17)2-1-3-13(10)18/h1-6,14H,7,19H2. The molecule has 0 aromatic heterocycles. The van der Waals surface area contributed by atoms with Gasteiger partial charge in [0.15, 0.2) is 0 Å².